The van der Waals surface area contributed by atoms with E-state index in [1.807, 2.05) is 0 Å². The van der Waals surface area contributed by atoms with Gasteiger partial charge in [-0.25, -0.2) is 4.79 Å². The van der Waals surface area contributed by atoms with E-state index in [0.29, 0.717) is 11.8 Å². The highest BCUT2D eigenvalue weighted by Crippen LogP contribution is 2.39. The van der Waals surface area contributed by atoms with Gasteiger partial charge in [0.25, 0.3) is 0 Å². The van der Waals surface area contributed by atoms with Gasteiger partial charge in [-0.05, 0) is 44.2 Å². The highest BCUT2D eigenvalue weighted by atomic mass is 16.1. The lowest BCUT2D eigenvalue weighted by atomic mass is 9.95. The zero-order chi connectivity index (χ0) is 11.0. The van der Waals surface area contributed by atoms with Crippen molar-refractivity contribution in [2.45, 2.75) is 37.5 Å². The third kappa shape index (κ3) is 2.02. The molecule has 1 aromatic heterocycles. The van der Waals surface area contributed by atoms with Crippen LogP contribution >= 0.6 is 0 Å². The number of H-pyrrole nitrogens is 1. The summed E-state index contributed by atoms with van der Waals surface area (Å²) in [7, 11) is 0. The summed E-state index contributed by atoms with van der Waals surface area (Å²) in [5, 5.41) is 3.36. The SMILES string of the molecule is O=c1nc(C2CCCNC2)cc(C2CC2)[nH]1. The maximum atomic E-state index is 11.5. The van der Waals surface area contributed by atoms with Crippen LogP contribution in [0.4, 0.5) is 0 Å². The fourth-order valence-electron chi connectivity index (χ4n) is 2.42. The van der Waals surface area contributed by atoms with E-state index in [-0.39, 0.29) is 5.69 Å². The molecule has 0 spiro atoms. The Hall–Kier alpha value is -1.16. The van der Waals surface area contributed by atoms with E-state index in [4.69, 9.17) is 0 Å². The van der Waals surface area contributed by atoms with Gasteiger partial charge >= 0.3 is 5.69 Å². The third-order valence-electron chi connectivity index (χ3n) is 3.52. The predicted molar refractivity (Wildman–Crippen MR) is 61.7 cm³/mol. The molecule has 4 nitrogen and oxygen atoms in total. The molecule has 0 bridgehead atoms. The van der Waals surface area contributed by atoms with Crippen LogP contribution in [0.3, 0.4) is 0 Å². The van der Waals surface area contributed by atoms with Crippen molar-refractivity contribution in [2.75, 3.05) is 13.1 Å². The summed E-state index contributed by atoms with van der Waals surface area (Å²) in [5.74, 6) is 1.01. The first-order chi connectivity index (χ1) is 7.83. The maximum absolute atomic E-state index is 11.5. The Morgan fingerprint density at radius 1 is 1.25 bits per heavy atom. The molecule has 1 aromatic rings. The average molecular weight is 219 g/mol. The first-order valence-electron chi connectivity index (χ1n) is 6.15. The van der Waals surface area contributed by atoms with Crippen molar-refractivity contribution < 1.29 is 0 Å². The largest absolute Gasteiger partial charge is 0.345 e. The Bertz CT molecular complexity index is 430. The number of rotatable bonds is 2. The van der Waals surface area contributed by atoms with E-state index in [0.717, 1.165) is 30.9 Å². The first kappa shape index (κ1) is 10.0. The fourth-order valence-corrected chi connectivity index (χ4v) is 2.42. The highest BCUT2D eigenvalue weighted by Gasteiger charge is 2.26. The second kappa shape index (κ2) is 4.01. The minimum atomic E-state index is -0.176. The van der Waals surface area contributed by atoms with Crippen molar-refractivity contribution in [3.05, 3.63) is 27.9 Å². The maximum Gasteiger partial charge on any atom is 0.345 e. The topological polar surface area (TPSA) is 57.8 Å². The van der Waals surface area contributed by atoms with Gasteiger partial charge < -0.3 is 10.3 Å². The summed E-state index contributed by atoms with van der Waals surface area (Å²) in [4.78, 5) is 18.5. The van der Waals surface area contributed by atoms with Crippen LogP contribution in [0.2, 0.25) is 0 Å². The fraction of sp³-hybridized carbons (Fsp3) is 0.667. The van der Waals surface area contributed by atoms with Crippen molar-refractivity contribution in [2.24, 2.45) is 0 Å². The van der Waals surface area contributed by atoms with Crippen LogP contribution in [-0.2, 0) is 0 Å². The summed E-state index contributed by atoms with van der Waals surface area (Å²) >= 11 is 0. The monoisotopic (exact) mass is 219 g/mol. The molecule has 1 saturated carbocycles. The minimum absolute atomic E-state index is 0.176. The van der Waals surface area contributed by atoms with Gasteiger partial charge in [-0.15, -0.1) is 0 Å². The van der Waals surface area contributed by atoms with Crippen LogP contribution in [0.5, 0.6) is 0 Å². The molecule has 2 N–H and O–H groups in total. The normalized spacial score (nSPS) is 25.6. The van der Waals surface area contributed by atoms with Gasteiger partial charge in [0.05, 0.1) is 5.69 Å². The molecular formula is C12H17N3O. The Kier molecular flexibility index (Phi) is 2.52. The smallest absolute Gasteiger partial charge is 0.316 e. The van der Waals surface area contributed by atoms with E-state index in [1.54, 1.807) is 0 Å². The summed E-state index contributed by atoms with van der Waals surface area (Å²) in [6, 6.07) is 2.11. The second-order valence-corrected chi connectivity index (χ2v) is 4.88. The molecule has 1 aliphatic carbocycles. The van der Waals surface area contributed by atoms with Gasteiger partial charge in [-0.2, -0.15) is 4.98 Å². The van der Waals surface area contributed by atoms with Crippen LogP contribution in [0.1, 0.15) is 48.9 Å². The third-order valence-corrected chi connectivity index (χ3v) is 3.52. The van der Waals surface area contributed by atoms with Crippen LogP contribution < -0.4 is 11.0 Å². The molecule has 1 unspecified atom stereocenters. The summed E-state index contributed by atoms with van der Waals surface area (Å²) in [5.41, 5.74) is 1.91. The van der Waals surface area contributed by atoms with E-state index in [9.17, 15) is 4.79 Å². The molecule has 1 atom stereocenters. The lowest BCUT2D eigenvalue weighted by molar-refractivity contribution is 0.453. The number of hydrogen-bond acceptors (Lipinski definition) is 3. The Labute approximate surface area is 94.5 Å². The first-order valence-corrected chi connectivity index (χ1v) is 6.15. The van der Waals surface area contributed by atoms with Crippen molar-refractivity contribution in [1.82, 2.24) is 15.3 Å². The van der Waals surface area contributed by atoms with Gasteiger partial charge in [-0.1, -0.05) is 0 Å². The van der Waals surface area contributed by atoms with E-state index < -0.39 is 0 Å². The molecule has 1 aliphatic heterocycles. The van der Waals surface area contributed by atoms with Gasteiger partial charge in [0, 0.05) is 18.2 Å². The summed E-state index contributed by atoms with van der Waals surface area (Å²) < 4.78 is 0. The number of hydrogen-bond donors (Lipinski definition) is 2. The highest BCUT2D eigenvalue weighted by molar-refractivity contribution is 5.20. The molecule has 0 radical (unpaired) electrons. The number of nitrogens with one attached hydrogen (secondary N) is 2. The number of piperidine rings is 1. The van der Waals surface area contributed by atoms with Crippen molar-refractivity contribution in [1.29, 1.82) is 0 Å². The zero-order valence-corrected chi connectivity index (χ0v) is 9.33. The van der Waals surface area contributed by atoms with Crippen molar-refractivity contribution in [3.8, 4) is 0 Å². The van der Waals surface area contributed by atoms with Gasteiger partial charge in [0.15, 0.2) is 0 Å². The Morgan fingerprint density at radius 3 is 2.81 bits per heavy atom. The Morgan fingerprint density at radius 2 is 2.12 bits per heavy atom. The second-order valence-electron chi connectivity index (χ2n) is 4.88. The Balaban J connectivity index is 1.89. The lowest BCUT2D eigenvalue weighted by Crippen LogP contribution is -2.30. The molecule has 2 heterocycles. The van der Waals surface area contributed by atoms with Crippen LogP contribution in [-0.4, -0.2) is 23.1 Å². The number of aromatic nitrogens is 2. The van der Waals surface area contributed by atoms with E-state index in [2.05, 4.69) is 21.4 Å². The summed E-state index contributed by atoms with van der Waals surface area (Å²) in [6.45, 7) is 2.05. The quantitative estimate of drug-likeness (QED) is 0.783. The van der Waals surface area contributed by atoms with Gasteiger partial charge in [-0.3, -0.25) is 0 Å². The van der Waals surface area contributed by atoms with Crippen molar-refractivity contribution >= 4 is 0 Å². The van der Waals surface area contributed by atoms with Gasteiger partial charge in [0.1, 0.15) is 0 Å². The molecule has 4 heteroatoms. The molecule has 2 fully saturated rings. The van der Waals surface area contributed by atoms with Crippen LogP contribution in [0.15, 0.2) is 10.9 Å². The van der Waals surface area contributed by atoms with Crippen LogP contribution in [0.25, 0.3) is 0 Å². The minimum Gasteiger partial charge on any atom is -0.316 e. The molecule has 0 aromatic carbocycles. The number of aromatic amines is 1. The predicted octanol–water partition coefficient (Wildman–Crippen LogP) is 1.11. The average Bonchev–Trinajstić information content (AvgIpc) is 3.13. The van der Waals surface area contributed by atoms with Crippen molar-refractivity contribution in [3.63, 3.8) is 0 Å². The molecule has 1 saturated heterocycles. The van der Waals surface area contributed by atoms with Crippen LogP contribution in [0, 0.1) is 0 Å². The molecule has 0 amide bonds. The molecule has 86 valence electrons. The molecule has 2 aliphatic rings. The zero-order valence-electron chi connectivity index (χ0n) is 9.33. The standard InChI is InChI=1S/C12H17N3O/c16-12-14-10(8-3-4-8)6-11(15-12)9-2-1-5-13-7-9/h6,8-9,13H,1-5,7H2,(H,14,15,16). The number of nitrogens with zero attached hydrogens (tertiary/aromatic N) is 1. The molecular weight excluding hydrogens is 202 g/mol. The molecule has 16 heavy (non-hydrogen) atoms. The van der Waals surface area contributed by atoms with E-state index >= 15 is 0 Å². The van der Waals surface area contributed by atoms with Gasteiger partial charge in [0.2, 0.25) is 0 Å². The van der Waals surface area contributed by atoms with E-state index in [1.165, 1.54) is 19.3 Å². The molecule has 3 rings (SSSR count). The lowest BCUT2D eigenvalue weighted by Gasteiger charge is -2.22. The summed E-state index contributed by atoms with van der Waals surface area (Å²) in [6.07, 6.45) is 4.75.